The first-order chi connectivity index (χ1) is 15.0. The van der Waals surface area contributed by atoms with Crippen LogP contribution >= 0.6 is 0 Å². The SMILES string of the molecule is CCCN(CC(N)=O)[C@@H](Cc1ccccc1)C(=O)Nc1cc(-c2ccncc2)nn1C. The van der Waals surface area contributed by atoms with Gasteiger partial charge in [-0.15, -0.1) is 0 Å². The maximum Gasteiger partial charge on any atom is 0.243 e. The number of rotatable bonds is 10. The second kappa shape index (κ2) is 10.5. The maximum absolute atomic E-state index is 13.4. The minimum atomic E-state index is -0.547. The molecule has 2 aromatic heterocycles. The molecule has 2 amide bonds. The zero-order chi connectivity index (χ0) is 22.2. The summed E-state index contributed by atoms with van der Waals surface area (Å²) >= 11 is 0. The van der Waals surface area contributed by atoms with Crippen LogP contribution in [0, 0.1) is 0 Å². The smallest absolute Gasteiger partial charge is 0.243 e. The number of pyridine rings is 1. The lowest BCUT2D eigenvalue weighted by Crippen LogP contribution is -2.49. The fourth-order valence-corrected chi connectivity index (χ4v) is 3.51. The van der Waals surface area contributed by atoms with Crippen molar-refractivity contribution in [2.75, 3.05) is 18.4 Å². The zero-order valence-corrected chi connectivity index (χ0v) is 17.9. The van der Waals surface area contributed by atoms with Crippen molar-refractivity contribution in [1.29, 1.82) is 0 Å². The topological polar surface area (TPSA) is 106 Å². The molecule has 0 fully saturated rings. The molecule has 2 heterocycles. The van der Waals surface area contributed by atoms with E-state index in [1.165, 1.54) is 0 Å². The van der Waals surface area contributed by atoms with Crippen LogP contribution in [0.1, 0.15) is 18.9 Å². The lowest BCUT2D eigenvalue weighted by molar-refractivity contribution is -0.124. The Morgan fingerprint density at radius 3 is 2.52 bits per heavy atom. The van der Waals surface area contributed by atoms with Crippen LogP contribution in [0.15, 0.2) is 60.9 Å². The Morgan fingerprint density at radius 1 is 1.16 bits per heavy atom. The quantitative estimate of drug-likeness (QED) is 0.523. The molecule has 0 saturated carbocycles. The van der Waals surface area contributed by atoms with E-state index in [1.807, 2.05) is 60.4 Å². The average molecular weight is 421 g/mol. The molecule has 0 radical (unpaired) electrons. The van der Waals surface area contributed by atoms with Gasteiger partial charge in [0.2, 0.25) is 11.8 Å². The molecular weight excluding hydrogens is 392 g/mol. The first-order valence-corrected chi connectivity index (χ1v) is 10.3. The average Bonchev–Trinajstić information content (AvgIpc) is 3.13. The van der Waals surface area contributed by atoms with Crippen LogP contribution in [0.5, 0.6) is 0 Å². The molecule has 8 nitrogen and oxygen atoms in total. The number of benzene rings is 1. The zero-order valence-electron chi connectivity index (χ0n) is 17.9. The third-order valence-electron chi connectivity index (χ3n) is 4.99. The minimum absolute atomic E-state index is 0.0203. The summed E-state index contributed by atoms with van der Waals surface area (Å²) in [5.41, 5.74) is 8.13. The highest BCUT2D eigenvalue weighted by atomic mass is 16.2. The van der Waals surface area contributed by atoms with Crippen LogP contribution < -0.4 is 11.1 Å². The van der Waals surface area contributed by atoms with Crippen molar-refractivity contribution in [3.63, 3.8) is 0 Å². The molecule has 1 atom stereocenters. The molecule has 31 heavy (non-hydrogen) atoms. The third kappa shape index (κ3) is 5.99. The highest BCUT2D eigenvalue weighted by Gasteiger charge is 2.28. The number of aromatic nitrogens is 3. The van der Waals surface area contributed by atoms with Crippen molar-refractivity contribution in [1.82, 2.24) is 19.7 Å². The molecule has 8 heteroatoms. The molecule has 0 unspecified atom stereocenters. The van der Waals surface area contributed by atoms with Crippen molar-refractivity contribution >= 4 is 17.6 Å². The second-order valence-electron chi connectivity index (χ2n) is 7.41. The summed E-state index contributed by atoms with van der Waals surface area (Å²) in [6, 6.07) is 14.8. The molecule has 0 aliphatic carbocycles. The van der Waals surface area contributed by atoms with Crippen molar-refractivity contribution < 1.29 is 9.59 Å². The number of nitrogens with zero attached hydrogens (tertiary/aromatic N) is 4. The molecule has 0 spiro atoms. The molecule has 0 saturated heterocycles. The molecule has 162 valence electrons. The van der Waals surface area contributed by atoms with Crippen LogP contribution in [0.2, 0.25) is 0 Å². The molecule has 0 bridgehead atoms. The molecule has 0 aliphatic rings. The fourth-order valence-electron chi connectivity index (χ4n) is 3.51. The number of hydrogen-bond acceptors (Lipinski definition) is 5. The van der Waals surface area contributed by atoms with E-state index < -0.39 is 11.9 Å². The van der Waals surface area contributed by atoms with Gasteiger partial charge in [0.25, 0.3) is 0 Å². The van der Waals surface area contributed by atoms with Gasteiger partial charge in [0.15, 0.2) is 0 Å². The number of amides is 2. The summed E-state index contributed by atoms with van der Waals surface area (Å²) in [5, 5.41) is 7.48. The molecule has 0 aliphatic heterocycles. The number of hydrogen-bond donors (Lipinski definition) is 2. The Balaban J connectivity index is 1.85. The van der Waals surface area contributed by atoms with Gasteiger partial charge in [-0.3, -0.25) is 24.2 Å². The predicted octanol–water partition coefficient (Wildman–Crippen LogP) is 2.23. The summed E-state index contributed by atoms with van der Waals surface area (Å²) in [4.78, 5) is 30.9. The largest absolute Gasteiger partial charge is 0.369 e. The number of anilines is 1. The van der Waals surface area contributed by atoms with E-state index in [1.54, 1.807) is 24.1 Å². The minimum Gasteiger partial charge on any atom is -0.369 e. The Morgan fingerprint density at radius 2 is 1.87 bits per heavy atom. The molecule has 3 rings (SSSR count). The van der Waals surface area contributed by atoms with E-state index in [-0.39, 0.29) is 12.5 Å². The lowest BCUT2D eigenvalue weighted by atomic mass is 10.0. The van der Waals surface area contributed by atoms with Gasteiger partial charge in [-0.05, 0) is 37.1 Å². The Kier molecular flexibility index (Phi) is 7.50. The summed E-state index contributed by atoms with van der Waals surface area (Å²) < 4.78 is 1.63. The van der Waals surface area contributed by atoms with Gasteiger partial charge in [0, 0.05) is 31.1 Å². The highest BCUT2D eigenvalue weighted by molar-refractivity contribution is 5.95. The van der Waals surface area contributed by atoms with E-state index in [9.17, 15) is 9.59 Å². The van der Waals surface area contributed by atoms with Crippen molar-refractivity contribution in [3.05, 3.63) is 66.5 Å². The summed E-state index contributed by atoms with van der Waals surface area (Å²) in [5.74, 6) is -0.0898. The van der Waals surface area contributed by atoms with E-state index in [0.717, 1.165) is 23.2 Å². The van der Waals surface area contributed by atoms with E-state index in [0.29, 0.717) is 18.8 Å². The van der Waals surface area contributed by atoms with Gasteiger partial charge in [0.1, 0.15) is 5.82 Å². The van der Waals surface area contributed by atoms with Gasteiger partial charge in [-0.25, -0.2) is 0 Å². The molecule has 1 aromatic carbocycles. The van der Waals surface area contributed by atoms with Crippen LogP contribution in [0.25, 0.3) is 11.3 Å². The lowest BCUT2D eigenvalue weighted by Gasteiger charge is -2.29. The first kappa shape index (κ1) is 22.2. The number of aryl methyl sites for hydroxylation is 1. The normalized spacial score (nSPS) is 12.0. The number of carbonyl (C=O) groups excluding carboxylic acids is 2. The fraction of sp³-hybridized carbons (Fsp3) is 0.304. The van der Waals surface area contributed by atoms with E-state index >= 15 is 0 Å². The van der Waals surface area contributed by atoms with Crippen LogP contribution in [-0.2, 0) is 23.1 Å². The Hall–Kier alpha value is -3.52. The third-order valence-corrected chi connectivity index (χ3v) is 4.99. The number of carbonyl (C=O) groups is 2. The van der Waals surface area contributed by atoms with Gasteiger partial charge < -0.3 is 11.1 Å². The number of nitrogens with two attached hydrogens (primary N) is 1. The summed E-state index contributed by atoms with van der Waals surface area (Å²) in [7, 11) is 1.78. The number of primary amides is 1. The maximum atomic E-state index is 13.4. The van der Waals surface area contributed by atoms with Crippen molar-refractivity contribution in [2.24, 2.45) is 12.8 Å². The molecule has 3 N–H and O–H groups in total. The summed E-state index contributed by atoms with van der Waals surface area (Å²) in [6.07, 6.45) is 4.66. The predicted molar refractivity (Wildman–Crippen MR) is 120 cm³/mol. The van der Waals surface area contributed by atoms with Crippen LogP contribution in [0.4, 0.5) is 5.82 Å². The molecular formula is C23H28N6O2. The standard InChI is InChI=1S/C23H28N6O2/c1-3-13-29(16-21(24)30)20(14-17-7-5-4-6-8-17)23(31)26-22-15-19(27-28(22)2)18-9-11-25-12-10-18/h4-12,15,20H,3,13-14,16H2,1-2H3,(H2,24,30)(H,26,31)/t20-/m0/s1. The van der Waals surface area contributed by atoms with Crippen LogP contribution in [0.3, 0.4) is 0 Å². The van der Waals surface area contributed by atoms with Crippen LogP contribution in [-0.4, -0.2) is 50.6 Å². The van der Waals surface area contributed by atoms with Gasteiger partial charge in [0.05, 0.1) is 18.3 Å². The summed E-state index contributed by atoms with van der Waals surface area (Å²) in [6.45, 7) is 2.61. The van der Waals surface area contributed by atoms with Gasteiger partial charge in [-0.1, -0.05) is 37.3 Å². The van der Waals surface area contributed by atoms with E-state index in [2.05, 4.69) is 15.4 Å². The van der Waals surface area contributed by atoms with Crippen molar-refractivity contribution in [3.8, 4) is 11.3 Å². The monoisotopic (exact) mass is 420 g/mol. The number of nitrogens with one attached hydrogen (secondary N) is 1. The Labute approximate surface area is 182 Å². The first-order valence-electron chi connectivity index (χ1n) is 10.3. The Bertz CT molecular complexity index is 1000. The second-order valence-corrected chi connectivity index (χ2v) is 7.41. The van der Waals surface area contributed by atoms with Crippen molar-refractivity contribution in [2.45, 2.75) is 25.8 Å². The van der Waals surface area contributed by atoms with Gasteiger partial charge >= 0.3 is 0 Å². The molecule has 3 aromatic rings. The highest BCUT2D eigenvalue weighted by Crippen LogP contribution is 2.21. The van der Waals surface area contributed by atoms with Gasteiger partial charge in [-0.2, -0.15) is 5.10 Å². The van der Waals surface area contributed by atoms with E-state index in [4.69, 9.17) is 5.73 Å².